The van der Waals surface area contributed by atoms with Gasteiger partial charge < -0.3 is 4.74 Å². The SMILES string of the molecule is CCC(=O)Oc1ccc(Br)cc1/C=C1/C(=O)NC(=O)N([C@H]2C[C@H]3CC[C@H]2C3)C1=O. The van der Waals surface area contributed by atoms with E-state index in [0.717, 1.165) is 25.7 Å². The third kappa shape index (κ3) is 3.73. The first-order valence-electron chi connectivity index (χ1n) is 9.78. The average molecular weight is 461 g/mol. The predicted molar refractivity (Wildman–Crippen MR) is 108 cm³/mol. The fraction of sp³-hybridized carbons (Fsp3) is 0.429. The van der Waals surface area contributed by atoms with Gasteiger partial charge in [-0.2, -0.15) is 0 Å². The molecule has 152 valence electrons. The Morgan fingerprint density at radius 1 is 1.28 bits per heavy atom. The first-order chi connectivity index (χ1) is 13.9. The molecule has 7 nitrogen and oxygen atoms in total. The molecule has 8 heteroatoms. The van der Waals surface area contributed by atoms with Crippen LogP contribution in [-0.2, 0) is 14.4 Å². The number of hydrogen-bond acceptors (Lipinski definition) is 5. The number of halogens is 1. The van der Waals surface area contributed by atoms with Crippen LogP contribution in [0.5, 0.6) is 5.75 Å². The molecule has 1 N–H and O–H groups in total. The summed E-state index contributed by atoms with van der Waals surface area (Å²) < 4.78 is 6.02. The number of imide groups is 2. The van der Waals surface area contributed by atoms with Crippen LogP contribution in [0.1, 0.15) is 44.6 Å². The van der Waals surface area contributed by atoms with Gasteiger partial charge in [0.25, 0.3) is 11.8 Å². The molecule has 3 aliphatic rings. The van der Waals surface area contributed by atoms with Crippen molar-refractivity contribution in [2.75, 3.05) is 0 Å². The molecule has 1 aliphatic heterocycles. The molecule has 2 aliphatic carbocycles. The molecule has 0 spiro atoms. The fourth-order valence-electron chi connectivity index (χ4n) is 4.58. The van der Waals surface area contributed by atoms with Gasteiger partial charge in [0.15, 0.2) is 0 Å². The minimum atomic E-state index is -0.743. The summed E-state index contributed by atoms with van der Waals surface area (Å²) in [4.78, 5) is 51.0. The predicted octanol–water partition coefficient (Wildman–Crippen LogP) is 3.41. The van der Waals surface area contributed by atoms with Gasteiger partial charge in [0.05, 0.1) is 0 Å². The Morgan fingerprint density at radius 3 is 2.72 bits per heavy atom. The van der Waals surface area contributed by atoms with Crippen molar-refractivity contribution in [2.45, 2.75) is 45.1 Å². The van der Waals surface area contributed by atoms with Crippen molar-refractivity contribution in [1.29, 1.82) is 0 Å². The molecule has 0 radical (unpaired) electrons. The van der Waals surface area contributed by atoms with Crippen LogP contribution in [-0.4, -0.2) is 34.8 Å². The number of barbiturate groups is 1. The lowest BCUT2D eigenvalue weighted by Gasteiger charge is -2.35. The number of ether oxygens (including phenoxy) is 1. The quantitative estimate of drug-likeness (QED) is 0.321. The van der Waals surface area contributed by atoms with Crippen molar-refractivity contribution in [2.24, 2.45) is 11.8 Å². The number of amides is 4. The van der Waals surface area contributed by atoms with Crippen LogP contribution in [0, 0.1) is 11.8 Å². The molecule has 2 saturated carbocycles. The topological polar surface area (TPSA) is 92.8 Å². The minimum absolute atomic E-state index is 0.140. The minimum Gasteiger partial charge on any atom is -0.426 e. The molecule has 1 heterocycles. The lowest BCUT2D eigenvalue weighted by atomic mass is 9.93. The van der Waals surface area contributed by atoms with Crippen LogP contribution in [0.25, 0.3) is 6.08 Å². The highest BCUT2D eigenvalue weighted by Gasteiger charge is 2.49. The summed E-state index contributed by atoms with van der Waals surface area (Å²) in [6.45, 7) is 1.68. The molecule has 29 heavy (non-hydrogen) atoms. The standard InChI is InChI=1S/C21H21BrN2O5/c1-2-18(25)29-17-6-5-14(22)9-13(17)10-15-19(26)23-21(28)24(20(15)27)16-8-11-3-4-12(16)7-11/h5-6,9-12,16H,2-4,7-8H2,1H3,(H,23,26,28)/b15-10-/t11-,12-,16-/m0/s1. The zero-order chi connectivity index (χ0) is 20.7. The Kier molecular flexibility index (Phi) is 5.29. The van der Waals surface area contributed by atoms with Crippen molar-refractivity contribution in [3.05, 3.63) is 33.8 Å². The van der Waals surface area contributed by atoms with Gasteiger partial charge in [-0.1, -0.05) is 29.3 Å². The summed E-state index contributed by atoms with van der Waals surface area (Å²) in [5, 5.41) is 2.29. The lowest BCUT2D eigenvalue weighted by Crippen LogP contribution is -2.58. The first kappa shape index (κ1) is 19.8. The number of esters is 1. The van der Waals surface area contributed by atoms with Gasteiger partial charge in [-0.15, -0.1) is 0 Å². The Balaban J connectivity index is 1.68. The summed E-state index contributed by atoms with van der Waals surface area (Å²) >= 11 is 3.35. The van der Waals surface area contributed by atoms with E-state index in [9.17, 15) is 19.2 Å². The number of carbonyl (C=O) groups is 4. The van der Waals surface area contributed by atoms with E-state index in [4.69, 9.17) is 4.74 Å². The number of benzene rings is 1. The highest BCUT2D eigenvalue weighted by molar-refractivity contribution is 9.10. The van der Waals surface area contributed by atoms with E-state index in [2.05, 4.69) is 21.2 Å². The number of nitrogens with one attached hydrogen (secondary N) is 1. The van der Waals surface area contributed by atoms with Crippen LogP contribution in [0.3, 0.4) is 0 Å². The zero-order valence-corrected chi connectivity index (χ0v) is 17.5. The Labute approximate surface area is 176 Å². The fourth-order valence-corrected chi connectivity index (χ4v) is 4.95. The maximum absolute atomic E-state index is 13.1. The van der Waals surface area contributed by atoms with Crippen molar-refractivity contribution < 1.29 is 23.9 Å². The second kappa shape index (κ2) is 7.74. The molecule has 4 amide bonds. The number of rotatable bonds is 4. The summed E-state index contributed by atoms with van der Waals surface area (Å²) in [7, 11) is 0. The van der Waals surface area contributed by atoms with Gasteiger partial charge >= 0.3 is 12.0 Å². The van der Waals surface area contributed by atoms with E-state index in [1.807, 2.05) is 0 Å². The van der Waals surface area contributed by atoms with E-state index >= 15 is 0 Å². The molecule has 0 aromatic heterocycles. The van der Waals surface area contributed by atoms with Crippen LogP contribution >= 0.6 is 15.9 Å². The van der Waals surface area contributed by atoms with Gasteiger partial charge in [-0.05, 0) is 55.4 Å². The van der Waals surface area contributed by atoms with E-state index in [0.29, 0.717) is 21.9 Å². The van der Waals surface area contributed by atoms with Gasteiger partial charge in [0.2, 0.25) is 0 Å². The zero-order valence-electron chi connectivity index (χ0n) is 15.9. The molecule has 0 unspecified atom stereocenters. The highest BCUT2D eigenvalue weighted by atomic mass is 79.9. The van der Waals surface area contributed by atoms with E-state index in [1.54, 1.807) is 25.1 Å². The summed E-state index contributed by atoms with van der Waals surface area (Å²) in [5.74, 6) is -0.671. The average Bonchev–Trinajstić information content (AvgIpc) is 3.30. The summed E-state index contributed by atoms with van der Waals surface area (Å²) in [6.07, 6.45) is 5.53. The van der Waals surface area contributed by atoms with Gasteiger partial charge in [-0.25, -0.2) is 4.79 Å². The van der Waals surface area contributed by atoms with Crippen LogP contribution < -0.4 is 10.1 Å². The van der Waals surface area contributed by atoms with Crippen molar-refractivity contribution in [3.8, 4) is 5.75 Å². The smallest absolute Gasteiger partial charge is 0.331 e. The highest BCUT2D eigenvalue weighted by Crippen LogP contribution is 2.47. The third-order valence-corrected chi connectivity index (χ3v) is 6.44. The molecular formula is C21H21BrN2O5. The second-order valence-corrected chi connectivity index (χ2v) is 8.66. The summed E-state index contributed by atoms with van der Waals surface area (Å²) in [6, 6.07) is 4.13. The van der Waals surface area contributed by atoms with Gasteiger partial charge in [0.1, 0.15) is 11.3 Å². The number of nitrogens with zero attached hydrogens (tertiary/aromatic N) is 1. The normalized spacial score (nSPS) is 27.5. The molecule has 1 aromatic rings. The monoisotopic (exact) mass is 460 g/mol. The van der Waals surface area contributed by atoms with E-state index in [1.165, 1.54) is 11.0 Å². The number of urea groups is 1. The van der Waals surface area contributed by atoms with Crippen molar-refractivity contribution in [3.63, 3.8) is 0 Å². The second-order valence-electron chi connectivity index (χ2n) is 7.74. The molecule has 3 atom stereocenters. The number of hydrogen-bond donors (Lipinski definition) is 1. The molecule has 1 saturated heterocycles. The Hall–Kier alpha value is -2.48. The maximum atomic E-state index is 13.1. The maximum Gasteiger partial charge on any atom is 0.331 e. The largest absolute Gasteiger partial charge is 0.426 e. The van der Waals surface area contributed by atoms with Crippen LogP contribution in [0.2, 0.25) is 0 Å². The molecule has 2 bridgehead atoms. The Bertz CT molecular complexity index is 941. The number of carbonyl (C=O) groups excluding carboxylic acids is 4. The number of fused-ring (bicyclic) bond motifs is 2. The third-order valence-electron chi connectivity index (χ3n) is 5.95. The molecule has 1 aromatic carbocycles. The van der Waals surface area contributed by atoms with Crippen molar-refractivity contribution >= 4 is 45.8 Å². The molecule has 3 fully saturated rings. The van der Waals surface area contributed by atoms with Crippen LogP contribution in [0.4, 0.5) is 4.79 Å². The molecule has 4 rings (SSSR count). The van der Waals surface area contributed by atoms with Crippen LogP contribution in [0.15, 0.2) is 28.2 Å². The van der Waals surface area contributed by atoms with E-state index < -0.39 is 23.8 Å². The van der Waals surface area contributed by atoms with E-state index in [-0.39, 0.29) is 23.8 Å². The molecular weight excluding hydrogens is 440 g/mol. The summed E-state index contributed by atoms with van der Waals surface area (Å²) in [5.41, 5.74) is 0.265. The Morgan fingerprint density at radius 2 is 2.07 bits per heavy atom. The lowest BCUT2D eigenvalue weighted by molar-refractivity contribution is -0.134. The van der Waals surface area contributed by atoms with Gasteiger partial charge in [0, 0.05) is 22.5 Å². The first-order valence-corrected chi connectivity index (χ1v) is 10.6. The van der Waals surface area contributed by atoms with Crippen molar-refractivity contribution in [1.82, 2.24) is 10.2 Å². The van der Waals surface area contributed by atoms with Gasteiger partial charge in [-0.3, -0.25) is 24.6 Å².